The molecule has 2 aliphatic rings. The fraction of sp³-hybridized carbons (Fsp3) is 0.444. The minimum Gasteiger partial charge on any atom is -0.450 e. The third-order valence-electron chi connectivity index (χ3n) is 7.17. The first kappa shape index (κ1) is 30.4. The number of thiazole rings is 1. The molecule has 0 spiro atoms. The van der Waals surface area contributed by atoms with Crippen LogP contribution in [0.4, 0.5) is 9.93 Å². The van der Waals surface area contributed by atoms with Gasteiger partial charge in [-0.1, -0.05) is 11.3 Å². The Morgan fingerprint density at radius 2 is 1.74 bits per heavy atom. The zero-order valence-corrected chi connectivity index (χ0v) is 25.7. The summed E-state index contributed by atoms with van der Waals surface area (Å²) in [7, 11) is -7.25. The quantitative estimate of drug-likeness (QED) is 0.365. The van der Waals surface area contributed by atoms with Crippen molar-refractivity contribution in [1.29, 1.82) is 0 Å². The summed E-state index contributed by atoms with van der Waals surface area (Å²) in [6.45, 7) is 3.53. The molecule has 3 aromatic rings. The topological polar surface area (TPSA) is 143 Å². The summed E-state index contributed by atoms with van der Waals surface area (Å²) in [6, 6.07) is 10.4. The Bertz CT molecular complexity index is 1680. The van der Waals surface area contributed by atoms with Crippen LogP contribution in [0.2, 0.25) is 0 Å². The number of ether oxygens (including phenoxy) is 2. The number of benzene rings is 2. The molecule has 0 N–H and O–H groups in total. The molecule has 0 saturated carbocycles. The molecule has 3 heterocycles. The minimum absolute atomic E-state index is 0.0441. The summed E-state index contributed by atoms with van der Waals surface area (Å²) >= 11 is 1.21. The summed E-state index contributed by atoms with van der Waals surface area (Å²) in [5.41, 5.74) is 0.840. The van der Waals surface area contributed by atoms with E-state index in [-0.39, 0.29) is 66.7 Å². The maximum Gasteiger partial charge on any atom is 0.409 e. The van der Waals surface area contributed by atoms with Gasteiger partial charge in [0.05, 0.1) is 39.3 Å². The lowest BCUT2D eigenvalue weighted by atomic mass is 10.2. The number of piperazine rings is 1. The van der Waals surface area contributed by atoms with Gasteiger partial charge in [-0.25, -0.2) is 26.6 Å². The predicted octanol–water partition coefficient (Wildman–Crippen LogP) is 2.99. The second-order valence-corrected chi connectivity index (χ2v) is 15.0. The number of hydrogen-bond donors (Lipinski definition) is 0. The molecule has 0 aliphatic carbocycles. The molecule has 226 valence electrons. The van der Waals surface area contributed by atoms with Crippen molar-refractivity contribution in [2.24, 2.45) is 0 Å². The molecule has 2 aromatic carbocycles. The maximum absolute atomic E-state index is 13.8. The standard InChI is InChI=1S/C27H32N4O8S3/c1-3-38-27(33)29-12-14-30(15-13-29)42(36,37)21-8-6-19(7-9-21)25(32)31(18-20-5-4-16-39-20)26-28-23-11-10-22(41(2,34)35)17-24(23)40-26/h6-11,17,20H,3-5,12-16,18H2,1-2H3. The highest BCUT2D eigenvalue weighted by Gasteiger charge is 2.32. The van der Waals surface area contributed by atoms with Crippen LogP contribution >= 0.6 is 11.3 Å². The summed E-state index contributed by atoms with van der Waals surface area (Å²) in [4.78, 5) is 33.6. The predicted molar refractivity (Wildman–Crippen MR) is 157 cm³/mol. The molecule has 1 aromatic heterocycles. The van der Waals surface area contributed by atoms with Crippen LogP contribution < -0.4 is 4.90 Å². The van der Waals surface area contributed by atoms with Crippen LogP contribution in [0.25, 0.3) is 10.2 Å². The number of fused-ring (bicyclic) bond motifs is 1. The number of anilines is 1. The highest BCUT2D eigenvalue weighted by Crippen LogP contribution is 2.32. The lowest BCUT2D eigenvalue weighted by Crippen LogP contribution is -2.50. The first-order chi connectivity index (χ1) is 20.0. The Morgan fingerprint density at radius 1 is 1.05 bits per heavy atom. The molecule has 0 bridgehead atoms. The van der Waals surface area contributed by atoms with Gasteiger partial charge in [-0.05, 0) is 62.2 Å². The second-order valence-electron chi connectivity index (χ2n) is 10.1. The molecule has 2 amide bonds. The van der Waals surface area contributed by atoms with Gasteiger partial charge >= 0.3 is 6.09 Å². The van der Waals surface area contributed by atoms with Gasteiger partial charge in [-0.15, -0.1) is 0 Å². The molecule has 0 radical (unpaired) electrons. The van der Waals surface area contributed by atoms with E-state index < -0.39 is 26.0 Å². The Labute approximate surface area is 248 Å². The summed E-state index contributed by atoms with van der Waals surface area (Å²) < 4.78 is 63.4. The van der Waals surface area contributed by atoms with Gasteiger partial charge < -0.3 is 14.4 Å². The van der Waals surface area contributed by atoms with E-state index in [2.05, 4.69) is 4.98 Å². The number of hydrogen-bond acceptors (Lipinski definition) is 10. The Kier molecular flexibility index (Phi) is 8.85. The molecule has 2 saturated heterocycles. The number of nitrogens with zero attached hydrogens (tertiary/aromatic N) is 4. The molecule has 15 heteroatoms. The maximum atomic E-state index is 13.8. The lowest BCUT2D eigenvalue weighted by molar-refractivity contribution is 0.0916. The van der Waals surface area contributed by atoms with Crippen molar-refractivity contribution in [1.82, 2.24) is 14.2 Å². The van der Waals surface area contributed by atoms with Crippen molar-refractivity contribution >= 4 is 58.5 Å². The zero-order valence-electron chi connectivity index (χ0n) is 23.3. The minimum atomic E-state index is -3.84. The second kappa shape index (κ2) is 12.2. The number of rotatable bonds is 8. The molecule has 42 heavy (non-hydrogen) atoms. The van der Waals surface area contributed by atoms with E-state index in [1.54, 1.807) is 19.1 Å². The lowest BCUT2D eigenvalue weighted by Gasteiger charge is -2.33. The molecule has 12 nitrogen and oxygen atoms in total. The van der Waals surface area contributed by atoms with E-state index in [9.17, 15) is 26.4 Å². The number of carbonyl (C=O) groups excluding carboxylic acids is 2. The Hall–Kier alpha value is -3.11. The number of aromatic nitrogens is 1. The van der Waals surface area contributed by atoms with Gasteiger partial charge in [0.2, 0.25) is 10.0 Å². The van der Waals surface area contributed by atoms with Crippen molar-refractivity contribution in [2.75, 3.05) is 57.1 Å². The zero-order chi connectivity index (χ0) is 30.1. The van der Waals surface area contributed by atoms with Crippen LogP contribution in [0.1, 0.15) is 30.1 Å². The molecule has 1 atom stereocenters. The van der Waals surface area contributed by atoms with Gasteiger partial charge in [0.15, 0.2) is 15.0 Å². The molecular formula is C27H32N4O8S3. The van der Waals surface area contributed by atoms with Crippen LogP contribution in [0.15, 0.2) is 52.3 Å². The van der Waals surface area contributed by atoms with Crippen LogP contribution in [-0.4, -0.2) is 101 Å². The molecule has 1 unspecified atom stereocenters. The van der Waals surface area contributed by atoms with E-state index in [1.165, 1.54) is 55.8 Å². The smallest absolute Gasteiger partial charge is 0.409 e. The van der Waals surface area contributed by atoms with Crippen molar-refractivity contribution in [2.45, 2.75) is 35.7 Å². The number of amides is 2. The van der Waals surface area contributed by atoms with Crippen molar-refractivity contribution in [3.05, 3.63) is 48.0 Å². The summed E-state index contributed by atoms with van der Waals surface area (Å²) in [5, 5.41) is 0.396. The highest BCUT2D eigenvalue weighted by atomic mass is 32.2. The molecule has 5 rings (SSSR count). The van der Waals surface area contributed by atoms with Crippen molar-refractivity contribution in [3.63, 3.8) is 0 Å². The van der Waals surface area contributed by atoms with Crippen LogP contribution in [-0.2, 0) is 29.3 Å². The van der Waals surface area contributed by atoms with Gasteiger partial charge in [0.1, 0.15) is 0 Å². The van der Waals surface area contributed by atoms with E-state index in [1.807, 2.05) is 0 Å². The van der Waals surface area contributed by atoms with E-state index in [0.29, 0.717) is 22.0 Å². The SMILES string of the molecule is CCOC(=O)N1CCN(S(=O)(=O)c2ccc(C(=O)N(CC3CCCO3)c3nc4ccc(S(C)(=O)=O)cc4s3)cc2)CC1. The van der Waals surface area contributed by atoms with Gasteiger partial charge in [0.25, 0.3) is 5.91 Å². The number of sulfone groups is 1. The fourth-order valence-electron chi connectivity index (χ4n) is 4.88. The monoisotopic (exact) mass is 636 g/mol. The fourth-order valence-corrected chi connectivity index (χ4v) is 8.04. The largest absolute Gasteiger partial charge is 0.450 e. The first-order valence-electron chi connectivity index (χ1n) is 13.5. The van der Waals surface area contributed by atoms with E-state index >= 15 is 0 Å². The normalized spacial score (nSPS) is 18.3. The summed E-state index contributed by atoms with van der Waals surface area (Å²) in [6.07, 6.45) is 2.16. The van der Waals surface area contributed by atoms with Gasteiger partial charge in [-0.3, -0.25) is 9.69 Å². The molecular weight excluding hydrogens is 605 g/mol. The summed E-state index contributed by atoms with van der Waals surface area (Å²) in [5.74, 6) is -0.375. The average Bonchev–Trinajstić information content (AvgIpc) is 3.65. The van der Waals surface area contributed by atoms with Crippen LogP contribution in [0.5, 0.6) is 0 Å². The third kappa shape index (κ3) is 6.44. The van der Waals surface area contributed by atoms with E-state index in [4.69, 9.17) is 9.47 Å². The molecule has 2 aliphatic heterocycles. The van der Waals surface area contributed by atoms with E-state index in [0.717, 1.165) is 19.1 Å². The number of sulfonamides is 1. The average molecular weight is 637 g/mol. The van der Waals surface area contributed by atoms with Crippen LogP contribution in [0.3, 0.4) is 0 Å². The van der Waals surface area contributed by atoms with Crippen LogP contribution in [0, 0.1) is 0 Å². The Balaban J connectivity index is 1.37. The third-order valence-corrected chi connectivity index (χ3v) is 11.2. The molecule has 2 fully saturated rings. The first-order valence-corrected chi connectivity index (χ1v) is 17.7. The van der Waals surface area contributed by atoms with Crippen molar-refractivity contribution in [3.8, 4) is 0 Å². The highest BCUT2D eigenvalue weighted by molar-refractivity contribution is 7.90. The van der Waals surface area contributed by atoms with Gasteiger partial charge in [0, 0.05) is 44.6 Å². The van der Waals surface area contributed by atoms with Gasteiger partial charge in [-0.2, -0.15) is 4.31 Å². The van der Waals surface area contributed by atoms with Crippen molar-refractivity contribution < 1.29 is 35.9 Å². The number of carbonyl (C=O) groups is 2. The Morgan fingerprint density at radius 3 is 2.36 bits per heavy atom.